The number of nitrogens with one attached hydrogen (secondary N) is 4. The first kappa shape index (κ1) is 44.4. The predicted molar refractivity (Wildman–Crippen MR) is 226 cm³/mol. The van der Waals surface area contributed by atoms with Crippen LogP contribution in [0.2, 0.25) is 0 Å². The summed E-state index contributed by atoms with van der Waals surface area (Å²) in [7, 11) is 4.42. The summed E-state index contributed by atoms with van der Waals surface area (Å²) in [5, 5.41) is 10.9. The van der Waals surface area contributed by atoms with Crippen LogP contribution in [0.3, 0.4) is 0 Å². The van der Waals surface area contributed by atoms with Crippen molar-refractivity contribution in [3.05, 3.63) is 83.8 Å². The Kier molecular flexibility index (Phi) is 13.5. The molecule has 0 radical (unpaired) electrons. The maximum Gasteiger partial charge on any atom is 0.421 e. The molecule has 0 saturated carbocycles. The summed E-state index contributed by atoms with van der Waals surface area (Å²) in [6, 6.07) is 15.6. The Bertz CT molecular complexity index is 2330. The van der Waals surface area contributed by atoms with E-state index in [4.69, 9.17) is 9.47 Å². The molecule has 1 unspecified atom stereocenters. The smallest absolute Gasteiger partial charge is 0.421 e. The zero-order valence-electron chi connectivity index (χ0n) is 34.9. The Hall–Kier alpha value is -6.70. The molecule has 4 heterocycles. The van der Waals surface area contributed by atoms with Crippen molar-refractivity contribution in [1.29, 1.82) is 0 Å². The van der Waals surface area contributed by atoms with Crippen molar-refractivity contribution in [1.82, 2.24) is 30.0 Å². The Balaban J connectivity index is 0.915. The highest BCUT2D eigenvalue weighted by Crippen LogP contribution is 2.39. The maximum absolute atomic E-state index is 15.2. The standard InChI is InChI=1S/C43H48F4N10O6/c1-54(2)42(61)63-35-7-5-4-6-32(35)50-39-30(43(45,46)47)24-48-41(53-39)51-33-11-9-28(23-36(33)62-3)56-18-20-57(21-19-56)38(59)25-55-16-14-26(15-17-55)29-10-8-27(22-31(29)44)49-34-12-13-37(58)52-40(34)60/h4-11,22-24,26,34,49H,12-21,25H2,1-3H3,(H,52,58,60)(H2,48,50,51,53). The van der Waals surface area contributed by atoms with E-state index in [9.17, 15) is 32.3 Å². The number of alkyl halides is 3. The number of anilines is 6. The van der Waals surface area contributed by atoms with Gasteiger partial charge in [0.15, 0.2) is 5.75 Å². The molecule has 1 atom stereocenters. The number of likely N-dealkylation sites (tertiary alicyclic amines) is 1. The number of piperidine rings is 2. The minimum Gasteiger partial charge on any atom is -0.494 e. The first-order valence-corrected chi connectivity index (χ1v) is 20.4. The molecule has 334 valence electrons. The summed E-state index contributed by atoms with van der Waals surface area (Å²) >= 11 is 0. The second-order valence-corrected chi connectivity index (χ2v) is 15.6. The van der Waals surface area contributed by atoms with Gasteiger partial charge in [0.2, 0.25) is 23.7 Å². The second kappa shape index (κ2) is 19.1. The lowest BCUT2D eigenvalue weighted by Crippen LogP contribution is -2.51. The average molecular weight is 877 g/mol. The Labute approximate surface area is 360 Å². The van der Waals surface area contributed by atoms with Crippen molar-refractivity contribution >= 4 is 58.3 Å². The molecule has 3 aliphatic rings. The summed E-state index contributed by atoms with van der Waals surface area (Å²) in [6.45, 7) is 3.65. The SMILES string of the molecule is COc1cc(N2CCN(C(=O)CN3CCC(c4ccc(NC5CCC(=O)NC5=O)cc4F)CC3)CC2)ccc1Nc1ncc(C(F)(F)F)c(Nc2ccccc2OC(=O)N(C)C)n1. The molecule has 63 heavy (non-hydrogen) atoms. The average Bonchev–Trinajstić information content (AvgIpc) is 3.25. The van der Waals surface area contributed by atoms with Crippen molar-refractivity contribution in [3.63, 3.8) is 0 Å². The number of methoxy groups -OCH3 is 1. The minimum atomic E-state index is -4.80. The van der Waals surface area contributed by atoms with E-state index in [0.717, 1.165) is 5.69 Å². The molecule has 4 aromatic rings. The van der Waals surface area contributed by atoms with Crippen LogP contribution >= 0.6 is 0 Å². The lowest BCUT2D eigenvalue weighted by atomic mass is 9.89. The number of hydrogen-bond donors (Lipinski definition) is 4. The maximum atomic E-state index is 15.2. The van der Waals surface area contributed by atoms with Crippen LogP contribution in [0.4, 0.5) is 56.9 Å². The molecule has 3 fully saturated rings. The van der Waals surface area contributed by atoms with E-state index in [-0.39, 0.29) is 53.9 Å². The highest BCUT2D eigenvalue weighted by Gasteiger charge is 2.36. The third-order valence-electron chi connectivity index (χ3n) is 11.2. The van der Waals surface area contributed by atoms with E-state index in [1.165, 1.54) is 44.3 Å². The molecule has 20 heteroatoms. The topological polar surface area (TPSA) is 174 Å². The van der Waals surface area contributed by atoms with Crippen molar-refractivity contribution in [3.8, 4) is 11.5 Å². The van der Waals surface area contributed by atoms with Crippen LogP contribution in [0.5, 0.6) is 11.5 Å². The Morgan fingerprint density at radius 1 is 0.905 bits per heavy atom. The minimum absolute atomic E-state index is 0.000742. The van der Waals surface area contributed by atoms with Gasteiger partial charge < -0.3 is 40.1 Å². The number of halogens is 4. The van der Waals surface area contributed by atoms with Crippen molar-refractivity contribution in [2.24, 2.45) is 0 Å². The number of para-hydroxylation sites is 2. The summed E-state index contributed by atoms with van der Waals surface area (Å²) in [5.74, 6) is -1.42. The Morgan fingerprint density at radius 3 is 2.32 bits per heavy atom. The fourth-order valence-electron chi connectivity index (χ4n) is 7.70. The number of carbonyl (C=O) groups excluding carboxylic acids is 4. The van der Waals surface area contributed by atoms with E-state index < -0.39 is 35.6 Å². The van der Waals surface area contributed by atoms with E-state index in [1.807, 2.05) is 11.0 Å². The number of imide groups is 1. The summed E-state index contributed by atoms with van der Waals surface area (Å²) in [4.78, 5) is 64.4. The number of hydrogen-bond acceptors (Lipinski definition) is 13. The first-order chi connectivity index (χ1) is 30.1. The molecule has 4 amide bonds. The fourth-order valence-corrected chi connectivity index (χ4v) is 7.70. The molecular weight excluding hydrogens is 829 g/mol. The van der Waals surface area contributed by atoms with Crippen molar-refractivity contribution in [2.45, 2.75) is 43.8 Å². The third-order valence-corrected chi connectivity index (χ3v) is 11.2. The molecule has 0 aliphatic carbocycles. The highest BCUT2D eigenvalue weighted by molar-refractivity contribution is 6.01. The van der Waals surface area contributed by atoms with E-state index in [1.54, 1.807) is 36.4 Å². The Morgan fingerprint density at radius 2 is 1.63 bits per heavy atom. The number of piperazine rings is 1. The summed E-state index contributed by atoms with van der Waals surface area (Å²) < 4.78 is 68.5. The summed E-state index contributed by atoms with van der Waals surface area (Å²) in [5.41, 5.74) is 1.23. The van der Waals surface area contributed by atoms with Gasteiger partial charge in [0.1, 0.15) is 29.0 Å². The highest BCUT2D eigenvalue weighted by atomic mass is 19.4. The third kappa shape index (κ3) is 10.9. The van der Waals surface area contributed by atoms with Gasteiger partial charge in [-0.15, -0.1) is 0 Å². The molecule has 1 aromatic heterocycles. The van der Waals surface area contributed by atoms with Crippen LogP contribution < -0.4 is 35.6 Å². The van der Waals surface area contributed by atoms with Crippen LogP contribution in [0.1, 0.15) is 42.7 Å². The molecule has 3 aliphatic heterocycles. The van der Waals surface area contributed by atoms with Gasteiger partial charge in [-0.1, -0.05) is 18.2 Å². The van der Waals surface area contributed by atoms with Crippen LogP contribution in [0.15, 0.2) is 66.9 Å². The van der Waals surface area contributed by atoms with Crippen LogP contribution in [0.25, 0.3) is 0 Å². The molecule has 7 rings (SSSR count). The number of benzene rings is 3. The van der Waals surface area contributed by atoms with Gasteiger partial charge in [-0.2, -0.15) is 18.2 Å². The number of nitrogens with zero attached hydrogens (tertiary/aromatic N) is 6. The van der Waals surface area contributed by atoms with E-state index in [0.29, 0.717) is 87.4 Å². The largest absolute Gasteiger partial charge is 0.494 e. The second-order valence-electron chi connectivity index (χ2n) is 15.6. The lowest BCUT2D eigenvalue weighted by Gasteiger charge is -2.38. The monoisotopic (exact) mass is 876 g/mol. The number of aromatic nitrogens is 2. The number of carbonyl (C=O) groups is 4. The van der Waals surface area contributed by atoms with Crippen LogP contribution in [-0.2, 0) is 20.6 Å². The number of ether oxygens (including phenoxy) is 2. The van der Waals surface area contributed by atoms with E-state index >= 15 is 4.39 Å². The zero-order valence-corrected chi connectivity index (χ0v) is 34.9. The number of amides is 4. The molecule has 0 spiro atoms. The number of rotatable bonds is 12. The van der Waals surface area contributed by atoms with Gasteiger partial charge in [-0.05, 0) is 80.2 Å². The van der Waals surface area contributed by atoms with Gasteiger partial charge in [0.25, 0.3) is 0 Å². The lowest BCUT2D eigenvalue weighted by molar-refractivity contribution is -0.137. The molecule has 3 saturated heterocycles. The molecular formula is C43H48F4N10O6. The van der Waals surface area contributed by atoms with Crippen LogP contribution in [0, 0.1) is 5.82 Å². The molecule has 16 nitrogen and oxygen atoms in total. The van der Waals surface area contributed by atoms with Crippen molar-refractivity contribution in [2.75, 3.05) is 87.9 Å². The quantitative estimate of drug-likeness (QED) is 0.0975. The zero-order chi connectivity index (χ0) is 44.8. The van der Waals surface area contributed by atoms with Gasteiger partial charge in [0.05, 0.1) is 25.0 Å². The van der Waals surface area contributed by atoms with Gasteiger partial charge >= 0.3 is 12.3 Å². The fraction of sp³-hybridized carbons (Fsp3) is 0.395. The van der Waals surface area contributed by atoms with Crippen molar-refractivity contribution < 1.29 is 46.2 Å². The first-order valence-electron chi connectivity index (χ1n) is 20.4. The van der Waals surface area contributed by atoms with Gasteiger partial charge in [-0.3, -0.25) is 24.6 Å². The van der Waals surface area contributed by atoms with E-state index in [2.05, 4.69) is 41.0 Å². The summed E-state index contributed by atoms with van der Waals surface area (Å²) in [6.07, 6.45) is -2.91. The van der Waals surface area contributed by atoms with Gasteiger partial charge in [0, 0.05) is 70.3 Å². The molecule has 4 N–H and O–H groups in total. The predicted octanol–water partition coefficient (Wildman–Crippen LogP) is 5.94. The molecule has 0 bridgehead atoms. The normalized spacial score (nSPS) is 17.5. The van der Waals surface area contributed by atoms with Gasteiger partial charge in [-0.25, -0.2) is 14.2 Å². The molecule has 3 aromatic carbocycles. The van der Waals surface area contributed by atoms with Crippen LogP contribution in [-0.4, -0.2) is 122 Å².